The molecule has 2 rings (SSSR count). The highest BCUT2D eigenvalue weighted by Crippen LogP contribution is 2.11. The van der Waals surface area contributed by atoms with Crippen LogP contribution in [0.3, 0.4) is 0 Å². The van der Waals surface area contributed by atoms with Crippen LogP contribution in [0.1, 0.15) is 21.1 Å². The molecule has 1 saturated heterocycles. The van der Waals surface area contributed by atoms with Gasteiger partial charge in [-0.2, -0.15) is 0 Å². The minimum Gasteiger partial charge on any atom is -0.347 e. The normalized spacial score (nSPS) is 21.1. The number of hydrogen-bond acceptors (Lipinski definition) is 4. The molecular formula is C9H13N3OS. The molecule has 4 nitrogen and oxygen atoms in total. The van der Waals surface area contributed by atoms with E-state index in [2.05, 4.69) is 15.6 Å². The maximum atomic E-state index is 11.6. The van der Waals surface area contributed by atoms with E-state index in [1.165, 1.54) is 11.3 Å². The molecule has 1 aliphatic rings. The van der Waals surface area contributed by atoms with Gasteiger partial charge in [0.15, 0.2) is 0 Å². The third kappa shape index (κ3) is 2.10. The highest BCUT2D eigenvalue weighted by atomic mass is 32.1. The van der Waals surface area contributed by atoms with Gasteiger partial charge in [0, 0.05) is 12.6 Å². The summed E-state index contributed by atoms with van der Waals surface area (Å²) in [6.07, 6.45) is 2.65. The Morgan fingerprint density at radius 2 is 2.64 bits per heavy atom. The van der Waals surface area contributed by atoms with E-state index >= 15 is 0 Å². The number of hydrogen-bond donors (Lipinski definition) is 2. The van der Waals surface area contributed by atoms with Crippen molar-refractivity contribution in [2.75, 3.05) is 13.1 Å². The van der Waals surface area contributed by atoms with Crippen LogP contribution in [0.2, 0.25) is 0 Å². The molecule has 1 amide bonds. The molecule has 2 heterocycles. The van der Waals surface area contributed by atoms with E-state index < -0.39 is 0 Å². The molecule has 1 atom stereocenters. The van der Waals surface area contributed by atoms with E-state index in [1.54, 1.807) is 6.20 Å². The zero-order chi connectivity index (χ0) is 9.97. The number of thiazole rings is 1. The van der Waals surface area contributed by atoms with Crippen LogP contribution in [0.4, 0.5) is 0 Å². The van der Waals surface area contributed by atoms with Crippen LogP contribution in [-0.2, 0) is 0 Å². The predicted molar refractivity (Wildman–Crippen MR) is 55.6 cm³/mol. The SMILES string of the molecule is Cc1ncc(C(=O)NC2CCNC2)s1. The Bertz CT molecular complexity index is 331. The molecule has 2 N–H and O–H groups in total. The van der Waals surface area contributed by atoms with Gasteiger partial charge in [-0.1, -0.05) is 0 Å². The molecule has 1 aromatic heterocycles. The van der Waals surface area contributed by atoms with E-state index in [0.717, 1.165) is 24.5 Å². The summed E-state index contributed by atoms with van der Waals surface area (Å²) in [5.74, 6) is 0.00398. The lowest BCUT2D eigenvalue weighted by Gasteiger charge is -2.09. The Morgan fingerprint density at radius 3 is 3.21 bits per heavy atom. The van der Waals surface area contributed by atoms with E-state index in [4.69, 9.17) is 0 Å². The molecule has 0 aromatic carbocycles. The number of rotatable bonds is 2. The predicted octanol–water partition coefficient (Wildman–Crippen LogP) is 0.543. The van der Waals surface area contributed by atoms with Crippen molar-refractivity contribution in [2.45, 2.75) is 19.4 Å². The lowest BCUT2D eigenvalue weighted by Crippen LogP contribution is -2.35. The van der Waals surface area contributed by atoms with Crippen LogP contribution in [0.5, 0.6) is 0 Å². The standard InChI is InChI=1S/C9H13N3OS/c1-6-11-5-8(14-6)9(13)12-7-2-3-10-4-7/h5,7,10H,2-4H2,1H3,(H,12,13). The summed E-state index contributed by atoms with van der Waals surface area (Å²) in [6.45, 7) is 3.77. The van der Waals surface area contributed by atoms with Crippen LogP contribution >= 0.6 is 11.3 Å². The van der Waals surface area contributed by atoms with Crippen LogP contribution in [0, 0.1) is 6.92 Å². The first kappa shape index (κ1) is 9.61. The maximum Gasteiger partial charge on any atom is 0.263 e. The second-order valence-electron chi connectivity index (χ2n) is 3.41. The minimum atomic E-state index is 0.00398. The van der Waals surface area contributed by atoms with E-state index in [9.17, 15) is 4.79 Å². The molecule has 0 radical (unpaired) electrons. The van der Waals surface area contributed by atoms with Gasteiger partial charge >= 0.3 is 0 Å². The molecule has 1 aromatic rings. The lowest BCUT2D eigenvalue weighted by atomic mass is 10.2. The maximum absolute atomic E-state index is 11.6. The molecule has 1 fully saturated rings. The average molecular weight is 211 g/mol. The Hall–Kier alpha value is -0.940. The Kier molecular flexibility index (Phi) is 2.79. The largest absolute Gasteiger partial charge is 0.347 e. The van der Waals surface area contributed by atoms with Crippen molar-refractivity contribution in [1.82, 2.24) is 15.6 Å². The number of amides is 1. The van der Waals surface area contributed by atoms with E-state index in [-0.39, 0.29) is 11.9 Å². The van der Waals surface area contributed by atoms with Crippen molar-refractivity contribution in [2.24, 2.45) is 0 Å². The summed E-state index contributed by atoms with van der Waals surface area (Å²) >= 11 is 1.44. The van der Waals surface area contributed by atoms with Crippen molar-refractivity contribution in [1.29, 1.82) is 0 Å². The molecule has 1 aliphatic heterocycles. The first-order valence-corrected chi connectivity index (χ1v) is 5.51. The summed E-state index contributed by atoms with van der Waals surface area (Å²) < 4.78 is 0. The molecule has 76 valence electrons. The second-order valence-corrected chi connectivity index (χ2v) is 4.64. The highest BCUT2D eigenvalue weighted by Gasteiger charge is 2.18. The van der Waals surface area contributed by atoms with Crippen molar-refractivity contribution in [3.05, 3.63) is 16.1 Å². The minimum absolute atomic E-state index is 0.00398. The zero-order valence-electron chi connectivity index (χ0n) is 8.04. The molecule has 14 heavy (non-hydrogen) atoms. The molecule has 0 aliphatic carbocycles. The number of carbonyl (C=O) groups is 1. The topological polar surface area (TPSA) is 54.0 Å². The fourth-order valence-electron chi connectivity index (χ4n) is 1.50. The van der Waals surface area contributed by atoms with Crippen LogP contribution < -0.4 is 10.6 Å². The first-order chi connectivity index (χ1) is 6.75. The number of nitrogens with one attached hydrogen (secondary N) is 2. The summed E-state index contributed by atoms with van der Waals surface area (Å²) in [5.41, 5.74) is 0. The number of aryl methyl sites for hydroxylation is 1. The van der Waals surface area contributed by atoms with Gasteiger partial charge in [0.05, 0.1) is 11.2 Å². The fraction of sp³-hybridized carbons (Fsp3) is 0.556. The molecular weight excluding hydrogens is 198 g/mol. The molecule has 0 saturated carbocycles. The smallest absolute Gasteiger partial charge is 0.263 e. The quantitative estimate of drug-likeness (QED) is 0.751. The van der Waals surface area contributed by atoms with Crippen molar-refractivity contribution >= 4 is 17.2 Å². The molecule has 0 spiro atoms. The van der Waals surface area contributed by atoms with Crippen LogP contribution in [0.15, 0.2) is 6.20 Å². The summed E-state index contributed by atoms with van der Waals surface area (Å²) in [6, 6.07) is 0.282. The number of aromatic nitrogens is 1. The molecule has 0 bridgehead atoms. The zero-order valence-corrected chi connectivity index (χ0v) is 8.86. The molecule has 5 heteroatoms. The summed E-state index contributed by atoms with van der Waals surface area (Å²) in [4.78, 5) is 16.4. The monoisotopic (exact) mass is 211 g/mol. The van der Waals surface area contributed by atoms with Gasteiger partial charge in [-0.15, -0.1) is 11.3 Å². The second kappa shape index (κ2) is 4.06. The van der Waals surface area contributed by atoms with Gasteiger partial charge in [-0.05, 0) is 19.9 Å². The summed E-state index contributed by atoms with van der Waals surface area (Å²) in [7, 11) is 0. The fourth-order valence-corrected chi connectivity index (χ4v) is 2.18. The van der Waals surface area contributed by atoms with Gasteiger partial charge in [0.2, 0.25) is 0 Å². The Balaban J connectivity index is 1.95. The van der Waals surface area contributed by atoms with Gasteiger partial charge in [-0.3, -0.25) is 4.79 Å². The van der Waals surface area contributed by atoms with Gasteiger partial charge in [-0.25, -0.2) is 4.98 Å². The average Bonchev–Trinajstić information content (AvgIpc) is 2.75. The first-order valence-electron chi connectivity index (χ1n) is 4.70. The van der Waals surface area contributed by atoms with Gasteiger partial charge in [0.1, 0.15) is 4.88 Å². The van der Waals surface area contributed by atoms with Crippen molar-refractivity contribution in [3.8, 4) is 0 Å². The van der Waals surface area contributed by atoms with Gasteiger partial charge in [0.25, 0.3) is 5.91 Å². The van der Waals surface area contributed by atoms with Crippen molar-refractivity contribution < 1.29 is 4.79 Å². The third-order valence-corrected chi connectivity index (χ3v) is 3.15. The number of carbonyl (C=O) groups excluding carboxylic acids is 1. The Morgan fingerprint density at radius 1 is 1.79 bits per heavy atom. The van der Waals surface area contributed by atoms with E-state index in [0.29, 0.717) is 4.88 Å². The number of nitrogens with zero attached hydrogens (tertiary/aromatic N) is 1. The third-order valence-electron chi connectivity index (χ3n) is 2.24. The molecule has 1 unspecified atom stereocenters. The van der Waals surface area contributed by atoms with Gasteiger partial charge < -0.3 is 10.6 Å². The summed E-state index contributed by atoms with van der Waals surface area (Å²) in [5, 5.41) is 7.12. The Labute approximate surface area is 86.7 Å². The lowest BCUT2D eigenvalue weighted by molar-refractivity contribution is 0.0944. The van der Waals surface area contributed by atoms with E-state index in [1.807, 2.05) is 6.92 Å². The van der Waals surface area contributed by atoms with Crippen LogP contribution in [0.25, 0.3) is 0 Å². The van der Waals surface area contributed by atoms with Crippen LogP contribution in [-0.4, -0.2) is 30.0 Å². The van der Waals surface area contributed by atoms with Crippen molar-refractivity contribution in [3.63, 3.8) is 0 Å². The highest BCUT2D eigenvalue weighted by molar-refractivity contribution is 7.13.